The number of fused-ring (bicyclic) bond motifs is 1. The van der Waals surface area contributed by atoms with Crippen LogP contribution in [0, 0.1) is 0 Å². The standard InChI is InChI=1S/C23H23Cl2N3O4.C4H4O4/c1-3-27-6-8-28(9-7-27)21-11-16-14(4-5-15(22(16)32-21)23(30)31-2)20(29)10-17-18(24)12-26-13-19(17)25;5-3(6)1-2-4(7)8/h4-5,11-13H,3,6-10H2,1-2H3;1-2H,(H,5,6)(H,7,8)/b;2-1+. The zero-order valence-electron chi connectivity index (χ0n) is 21.7. The molecule has 0 saturated carbocycles. The van der Waals surface area contributed by atoms with Crippen molar-refractivity contribution in [3.05, 3.63) is 69.5 Å². The van der Waals surface area contributed by atoms with Crippen molar-refractivity contribution in [2.75, 3.05) is 44.7 Å². The van der Waals surface area contributed by atoms with Crippen LogP contribution in [0.2, 0.25) is 10.0 Å². The summed E-state index contributed by atoms with van der Waals surface area (Å²) in [6.07, 6.45) is 4.03. The van der Waals surface area contributed by atoms with E-state index in [4.69, 9.17) is 42.6 Å². The van der Waals surface area contributed by atoms with E-state index in [1.807, 2.05) is 6.07 Å². The molecular formula is C27H27Cl2N3O8. The summed E-state index contributed by atoms with van der Waals surface area (Å²) in [4.78, 5) is 53.1. The predicted octanol–water partition coefficient (Wildman–Crippen LogP) is 4.20. The predicted molar refractivity (Wildman–Crippen MR) is 149 cm³/mol. The number of aliphatic carboxylic acids is 2. The molecule has 0 amide bonds. The monoisotopic (exact) mass is 591 g/mol. The Morgan fingerprint density at radius 2 is 1.57 bits per heavy atom. The van der Waals surface area contributed by atoms with E-state index in [9.17, 15) is 19.2 Å². The molecule has 0 bridgehead atoms. The molecule has 0 unspecified atom stereocenters. The lowest BCUT2D eigenvalue weighted by atomic mass is 9.98. The summed E-state index contributed by atoms with van der Waals surface area (Å²) in [5.74, 6) is -2.60. The van der Waals surface area contributed by atoms with Gasteiger partial charge in [0.05, 0.1) is 17.2 Å². The number of pyridine rings is 1. The first-order valence-electron chi connectivity index (χ1n) is 12.1. The van der Waals surface area contributed by atoms with Gasteiger partial charge >= 0.3 is 17.9 Å². The second-order valence-corrected chi connectivity index (χ2v) is 9.41. The third kappa shape index (κ3) is 7.59. The highest BCUT2D eigenvalue weighted by Crippen LogP contribution is 2.34. The van der Waals surface area contributed by atoms with Crippen molar-refractivity contribution in [1.29, 1.82) is 0 Å². The minimum atomic E-state index is -1.26. The van der Waals surface area contributed by atoms with Gasteiger partial charge in [-0.3, -0.25) is 9.78 Å². The molecule has 1 aliphatic heterocycles. The Hall–Kier alpha value is -3.93. The number of furan rings is 1. The SMILES string of the molecule is CCN1CCN(c2cc3c(C(=O)Cc4c(Cl)cncc4Cl)ccc(C(=O)OC)c3o2)CC1.O=C(O)/C=C/C(=O)O. The van der Waals surface area contributed by atoms with E-state index < -0.39 is 17.9 Å². The maximum absolute atomic E-state index is 13.2. The highest BCUT2D eigenvalue weighted by atomic mass is 35.5. The number of hydrogen-bond donors (Lipinski definition) is 2. The van der Waals surface area contributed by atoms with Gasteiger partial charge in [-0.1, -0.05) is 30.1 Å². The number of Topliss-reactive ketones (excluding diaryl/α,β-unsaturated/α-hetero) is 1. The van der Waals surface area contributed by atoms with Gasteiger partial charge in [0.1, 0.15) is 5.56 Å². The van der Waals surface area contributed by atoms with Crippen LogP contribution in [0.4, 0.5) is 5.88 Å². The molecule has 4 rings (SSSR count). The van der Waals surface area contributed by atoms with Crippen molar-refractivity contribution >= 4 is 63.7 Å². The smallest absolute Gasteiger partial charge is 0.341 e. The van der Waals surface area contributed by atoms with Crippen molar-refractivity contribution in [2.45, 2.75) is 13.3 Å². The summed E-state index contributed by atoms with van der Waals surface area (Å²) in [7, 11) is 1.31. The van der Waals surface area contributed by atoms with Crippen LogP contribution in [-0.4, -0.2) is 83.6 Å². The average molecular weight is 592 g/mol. The van der Waals surface area contributed by atoms with Crippen LogP contribution in [0.25, 0.3) is 11.0 Å². The Kier molecular flexibility index (Phi) is 10.7. The molecule has 0 spiro atoms. The molecule has 1 fully saturated rings. The normalized spacial score (nSPS) is 13.7. The number of ether oxygens (including phenoxy) is 1. The van der Waals surface area contributed by atoms with Crippen molar-refractivity contribution in [2.24, 2.45) is 0 Å². The Labute approximate surface area is 239 Å². The van der Waals surface area contributed by atoms with Gasteiger partial charge in [0, 0.05) is 79.7 Å². The second kappa shape index (κ2) is 13.9. The third-order valence-electron chi connectivity index (χ3n) is 6.17. The lowest BCUT2D eigenvalue weighted by Crippen LogP contribution is -2.46. The Bertz CT molecular complexity index is 1410. The molecule has 0 atom stereocenters. The number of benzene rings is 1. The maximum atomic E-state index is 13.2. The number of esters is 1. The quantitative estimate of drug-likeness (QED) is 0.220. The molecule has 40 heavy (non-hydrogen) atoms. The van der Waals surface area contributed by atoms with Crippen LogP contribution in [0.15, 0.2) is 47.2 Å². The number of hydrogen-bond acceptors (Lipinski definition) is 9. The molecule has 3 aromatic rings. The fourth-order valence-corrected chi connectivity index (χ4v) is 4.57. The number of ketones is 1. The van der Waals surface area contributed by atoms with E-state index in [1.54, 1.807) is 12.1 Å². The number of halogens is 2. The fraction of sp³-hybridized carbons (Fsp3) is 0.296. The van der Waals surface area contributed by atoms with Gasteiger partial charge in [-0.15, -0.1) is 0 Å². The number of methoxy groups -OCH3 is 1. The molecule has 2 N–H and O–H groups in total. The summed E-state index contributed by atoms with van der Waals surface area (Å²) in [5.41, 5.74) is 1.55. The number of aromatic nitrogens is 1. The van der Waals surface area contributed by atoms with Crippen molar-refractivity contribution in [1.82, 2.24) is 9.88 Å². The van der Waals surface area contributed by atoms with Gasteiger partial charge in [0.15, 0.2) is 17.3 Å². The van der Waals surface area contributed by atoms with E-state index in [2.05, 4.69) is 21.7 Å². The number of anilines is 1. The third-order valence-corrected chi connectivity index (χ3v) is 6.82. The van der Waals surface area contributed by atoms with E-state index >= 15 is 0 Å². The number of carbonyl (C=O) groups is 4. The largest absolute Gasteiger partial charge is 0.478 e. The van der Waals surface area contributed by atoms with E-state index in [0.29, 0.717) is 50.2 Å². The van der Waals surface area contributed by atoms with Crippen molar-refractivity contribution in [3.8, 4) is 0 Å². The van der Waals surface area contributed by atoms with Crippen LogP contribution < -0.4 is 4.90 Å². The van der Waals surface area contributed by atoms with Crippen LogP contribution in [0.3, 0.4) is 0 Å². The molecule has 0 radical (unpaired) electrons. The number of nitrogens with zero attached hydrogens (tertiary/aromatic N) is 3. The number of rotatable bonds is 8. The molecule has 1 aromatic carbocycles. The summed E-state index contributed by atoms with van der Waals surface area (Å²) in [6.45, 7) is 6.57. The fourth-order valence-electron chi connectivity index (χ4n) is 4.07. The molecule has 1 saturated heterocycles. The van der Waals surface area contributed by atoms with Gasteiger partial charge < -0.3 is 29.2 Å². The number of likely N-dealkylation sites (N-methyl/N-ethyl adjacent to an activating group) is 1. The molecule has 212 valence electrons. The van der Waals surface area contributed by atoms with Crippen LogP contribution in [0.5, 0.6) is 0 Å². The maximum Gasteiger partial charge on any atom is 0.341 e. The number of carboxylic acids is 2. The highest BCUT2D eigenvalue weighted by Gasteiger charge is 2.25. The van der Waals surface area contributed by atoms with Crippen LogP contribution in [0.1, 0.15) is 33.2 Å². The Morgan fingerprint density at radius 3 is 2.10 bits per heavy atom. The number of carbonyl (C=O) groups excluding carboxylic acids is 2. The molecule has 1 aliphatic rings. The first kappa shape index (κ1) is 30.6. The van der Waals surface area contributed by atoms with Gasteiger partial charge in [0.25, 0.3) is 0 Å². The van der Waals surface area contributed by atoms with Crippen molar-refractivity contribution in [3.63, 3.8) is 0 Å². The lowest BCUT2D eigenvalue weighted by Gasteiger charge is -2.33. The topological polar surface area (TPSA) is 150 Å². The first-order chi connectivity index (χ1) is 19.0. The minimum Gasteiger partial charge on any atom is -0.478 e. The van der Waals surface area contributed by atoms with Gasteiger partial charge in [-0.25, -0.2) is 14.4 Å². The second-order valence-electron chi connectivity index (χ2n) is 8.59. The zero-order valence-corrected chi connectivity index (χ0v) is 23.2. The van der Waals surface area contributed by atoms with E-state index in [1.165, 1.54) is 19.5 Å². The summed E-state index contributed by atoms with van der Waals surface area (Å²) in [6, 6.07) is 5.00. The van der Waals surface area contributed by atoms with Crippen LogP contribution >= 0.6 is 23.2 Å². The average Bonchev–Trinajstić information content (AvgIpc) is 3.39. The van der Waals surface area contributed by atoms with Crippen molar-refractivity contribution < 1.29 is 38.5 Å². The van der Waals surface area contributed by atoms with E-state index in [0.717, 1.165) is 32.7 Å². The first-order valence-corrected chi connectivity index (χ1v) is 12.9. The Balaban J connectivity index is 0.000000482. The lowest BCUT2D eigenvalue weighted by molar-refractivity contribution is -0.134. The zero-order chi connectivity index (χ0) is 29.4. The molecular weight excluding hydrogens is 565 g/mol. The van der Waals surface area contributed by atoms with Gasteiger partial charge in [-0.2, -0.15) is 0 Å². The Morgan fingerprint density at radius 1 is 1.00 bits per heavy atom. The molecule has 2 aromatic heterocycles. The molecule has 3 heterocycles. The minimum absolute atomic E-state index is 0.00252. The summed E-state index contributed by atoms with van der Waals surface area (Å²) >= 11 is 12.4. The van der Waals surface area contributed by atoms with Crippen LogP contribution in [-0.2, 0) is 20.7 Å². The summed E-state index contributed by atoms with van der Waals surface area (Å²) in [5, 5.41) is 16.8. The number of carboxylic acid groups (broad SMARTS) is 2. The number of piperazine rings is 1. The van der Waals surface area contributed by atoms with Gasteiger partial charge in [-0.05, 0) is 18.7 Å². The van der Waals surface area contributed by atoms with Gasteiger partial charge in [0.2, 0.25) is 0 Å². The molecule has 0 aliphatic carbocycles. The molecule has 11 nitrogen and oxygen atoms in total. The van der Waals surface area contributed by atoms with E-state index in [-0.39, 0.29) is 17.8 Å². The molecule has 13 heteroatoms. The highest BCUT2D eigenvalue weighted by molar-refractivity contribution is 6.36. The summed E-state index contributed by atoms with van der Waals surface area (Å²) < 4.78 is 11.0.